The van der Waals surface area contributed by atoms with E-state index in [1.165, 1.54) is 12.0 Å². The summed E-state index contributed by atoms with van der Waals surface area (Å²) < 4.78 is 7.30. The van der Waals surface area contributed by atoms with E-state index in [0.717, 1.165) is 38.7 Å². The number of nitrogens with two attached hydrogens (primary N) is 1. The number of benzene rings is 2. The summed E-state index contributed by atoms with van der Waals surface area (Å²) in [5.74, 6) is -0.0680. The molecule has 1 amide bonds. The molecule has 1 atom stereocenters. The minimum Gasteiger partial charge on any atom is -0.331 e. The number of amides is 1. The van der Waals surface area contributed by atoms with E-state index in [1.54, 1.807) is 21.9 Å². The van der Waals surface area contributed by atoms with Gasteiger partial charge in [0.25, 0.3) is 0 Å². The minimum atomic E-state index is -0.651. The van der Waals surface area contributed by atoms with Crippen molar-refractivity contribution in [2.24, 2.45) is 5.73 Å². The molecule has 2 N–H and O–H groups in total. The number of aryl methyl sites for hydroxylation is 1. The van der Waals surface area contributed by atoms with E-state index in [2.05, 4.69) is 17.2 Å². The number of carbonyl (C=O) groups excluding carboxylic acids is 1. The van der Waals surface area contributed by atoms with Crippen molar-refractivity contribution in [3.63, 3.8) is 0 Å². The molecule has 2 aliphatic rings. The van der Waals surface area contributed by atoms with Crippen molar-refractivity contribution >= 4 is 41.3 Å². The van der Waals surface area contributed by atoms with Gasteiger partial charge in [-0.1, -0.05) is 24.3 Å². The van der Waals surface area contributed by atoms with Crippen molar-refractivity contribution in [3.8, 4) is 0 Å². The monoisotopic (exact) mass is 439 g/mol. The molecule has 0 spiro atoms. The molecule has 2 aliphatic heterocycles. The minimum absolute atomic E-state index is 0.0680. The van der Waals surface area contributed by atoms with Gasteiger partial charge in [-0.05, 0) is 36.2 Å². The lowest BCUT2D eigenvalue weighted by Gasteiger charge is -2.21. The predicted octanol–water partition coefficient (Wildman–Crippen LogP) is 3.95. The lowest BCUT2D eigenvalue weighted by molar-refractivity contribution is -0.133. The maximum absolute atomic E-state index is 12.9. The summed E-state index contributed by atoms with van der Waals surface area (Å²) in [5, 5.41) is 6.47. The molecule has 0 bridgehead atoms. The van der Waals surface area contributed by atoms with Crippen LogP contribution in [-0.4, -0.2) is 26.2 Å². The number of hydrogen-bond acceptors (Lipinski definition) is 7. The van der Waals surface area contributed by atoms with Crippen molar-refractivity contribution in [2.45, 2.75) is 31.0 Å². The van der Waals surface area contributed by atoms with E-state index in [-0.39, 0.29) is 5.91 Å². The zero-order chi connectivity index (χ0) is 20.8. The first-order valence-electron chi connectivity index (χ1n) is 9.56. The molecule has 0 radical (unpaired) electrons. The number of anilines is 2. The Balaban J connectivity index is 1.24. The number of fused-ring (bicyclic) bond motifs is 2. The van der Waals surface area contributed by atoms with E-state index in [1.807, 2.05) is 53.8 Å². The zero-order valence-corrected chi connectivity index (χ0v) is 18.2. The molecule has 0 saturated carbocycles. The highest BCUT2D eigenvalue weighted by atomic mass is 32.2. The second kappa shape index (κ2) is 7.66. The van der Waals surface area contributed by atoms with Crippen LogP contribution in [0.2, 0.25) is 0 Å². The predicted molar refractivity (Wildman–Crippen MR) is 119 cm³/mol. The maximum Gasteiger partial charge on any atom is 0.244 e. The van der Waals surface area contributed by atoms with Crippen LogP contribution in [-0.2, 0) is 22.2 Å². The van der Waals surface area contributed by atoms with Gasteiger partial charge in [-0.2, -0.15) is 9.38 Å². The number of hydrogen-bond donors (Lipinski definition) is 1. The van der Waals surface area contributed by atoms with Gasteiger partial charge in [-0.25, -0.2) is 9.15 Å². The van der Waals surface area contributed by atoms with Gasteiger partial charge in [0.1, 0.15) is 6.04 Å². The van der Waals surface area contributed by atoms with Crippen molar-refractivity contribution in [1.82, 2.24) is 14.1 Å². The molecule has 0 aliphatic carbocycles. The van der Waals surface area contributed by atoms with Crippen molar-refractivity contribution in [3.05, 3.63) is 71.0 Å². The Labute approximate surface area is 183 Å². The first-order valence-corrected chi connectivity index (χ1v) is 11.5. The van der Waals surface area contributed by atoms with Crippen molar-refractivity contribution in [2.75, 3.05) is 11.3 Å². The molecule has 2 aromatic carbocycles. The smallest absolute Gasteiger partial charge is 0.244 e. The molecule has 3 aromatic rings. The van der Waals surface area contributed by atoms with Crippen LogP contribution >= 0.6 is 24.0 Å². The molecule has 9 heteroatoms. The Morgan fingerprint density at radius 3 is 2.80 bits per heavy atom. The highest BCUT2D eigenvalue weighted by Crippen LogP contribution is 2.50. The summed E-state index contributed by atoms with van der Waals surface area (Å²) in [6.45, 7) is 3.00. The SMILES string of the molecule is CSON1c2ccc(Sn3cc4c(n3)CN(C(=O)C(N)c3ccccc3C)C4)cc21. The van der Waals surface area contributed by atoms with Crippen LogP contribution in [0.15, 0.2) is 53.6 Å². The van der Waals surface area contributed by atoms with Crippen LogP contribution < -0.4 is 10.8 Å². The normalized spacial score (nSPS) is 15.2. The summed E-state index contributed by atoms with van der Waals surface area (Å²) in [6.07, 6.45) is 3.88. The molecule has 7 nitrogen and oxygen atoms in total. The van der Waals surface area contributed by atoms with Crippen molar-refractivity contribution in [1.29, 1.82) is 0 Å². The fraction of sp³-hybridized carbons (Fsp3) is 0.238. The average molecular weight is 440 g/mol. The quantitative estimate of drug-likeness (QED) is 0.460. The molecular weight excluding hydrogens is 418 g/mol. The second-order valence-electron chi connectivity index (χ2n) is 7.31. The summed E-state index contributed by atoms with van der Waals surface area (Å²) in [5.41, 5.74) is 12.3. The lowest BCUT2D eigenvalue weighted by atomic mass is 10.0. The largest absolute Gasteiger partial charge is 0.331 e. The fourth-order valence-corrected chi connectivity index (χ4v) is 4.86. The summed E-state index contributed by atoms with van der Waals surface area (Å²) in [7, 11) is 0. The third-order valence-corrected chi connectivity index (χ3v) is 6.48. The lowest BCUT2D eigenvalue weighted by Crippen LogP contribution is -2.35. The molecule has 154 valence electrons. The van der Waals surface area contributed by atoms with Gasteiger partial charge in [0.2, 0.25) is 5.91 Å². The number of aromatic nitrogens is 2. The Morgan fingerprint density at radius 2 is 2.03 bits per heavy atom. The van der Waals surface area contributed by atoms with Gasteiger partial charge >= 0.3 is 0 Å². The number of rotatable bonds is 6. The Kier molecular flexibility index (Phi) is 4.98. The van der Waals surface area contributed by atoms with Gasteiger partial charge in [0, 0.05) is 53.4 Å². The van der Waals surface area contributed by atoms with E-state index in [9.17, 15) is 4.79 Å². The van der Waals surface area contributed by atoms with Crippen LogP contribution in [0.3, 0.4) is 0 Å². The van der Waals surface area contributed by atoms with Crippen LogP contribution in [0.1, 0.15) is 28.4 Å². The highest BCUT2D eigenvalue weighted by Gasteiger charge is 2.32. The summed E-state index contributed by atoms with van der Waals surface area (Å²) in [4.78, 5) is 15.8. The van der Waals surface area contributed by atoms with Gasteiger partial charge in [0.05, 0.1) is 23.6 Å². The summed E-state index contributed by atoms with van der Waals surface area (Å²) in [6, 6.07) is 13.3. The zero-order valence-electron chi connectivity index (χ0n) is 16.6. The van der Waals surface area contributed by atoms with Crippen LogP contribution in [0.5, 0.6) is 0 Å². The van der Waals surface area contributed by atoms with E-state index < -0.39 is 6.04 Å². The molecule has 0 saturated heterocycles. The molecule has 30 heavy (non-hydrogen) atoms. The van der Waals surface area contributed by atoms with Crippen LogP contribution in [0.25, 0.3) is 0 Å². The molecule has 1 unspecified atom stereocenters. The van der Waals surface area contributed by atoms with Crippen molar-refractivity contribution < 1.29 is 9.08 Å². The third kappa shape index (κ3) is 3.47. The van der Waals surface area contributed by atoms with Crippen LogP contribution in [0, 0.1) is 6.92 Å². The Morgan fingerprint density at radius 1 is 1.20 bits per heavy atom. The third-order valence-electron chi connectivity index (χ3n) is 5.34. The van der Waals surface area contributed by atoms with Gasteiger partial charge in [-0.3, -0.25) is 4.79 Å². The van der Waals surface area contributed by atoms with E-state index >= 15 is 0 Å². The Hall–Kier alpha value is -2.46. The Bertz CT molecular complexity index is 1110. The second-order valence-corrected chi connectivity index (χ2v) is 8.82. The van der Waals surface area contributed by atoms with Gasteiger partial charge in [-0.15, -0.1) is 0 Å². The maximum atomic E-state index is 12.9. The standard InChI is InChI=1S/C21H21N5O2S2/c1-13-5-3-4-6-16(13)20(22)21(27)24-10-14-11-25(23-17(14)12-24)30-15-7-8-18-19(9-15)26(18)28-29-2/h3-9,11,20H,10,12,22H2,1-2H3. The van der Waals surface area contributed by atoms with Gasteiger partial charge in [0.15, 0.2) is 0 Å². The van der Waals surface area contributed by atoms with Crippen LogP contribution in [0.4, 0.5) is 11.4 Å². The first-order chi connectivity index (χ1) is 14.5. The molecule has 1 aromatic heterocycles. The fourth-order valence-electron chi connectivity index (χ4n) is 3.72. The molecular formula is C21H21N5O2S2. The number of nitrogens with zero attached hydrogens (tertiary/aromatic N) is 4. The molecule has 3 heterocycles. The van der Waals surface area contributed by atoms with E-state index in [4.69, 9.17) is 10.0 Å². The average Bonchev–Trinajstić information content (AvgIpc) is 3.05. The summed E-state index contributed by atoms with van der Waals surface area (Å²) >= 11 is 2.86. The first kappa shape index (κ1) is 19.5. The number of carbonyl (C=O) groups is 1. The van der Waals surface area contributed by atoms with E-state index in [0.29, 0.717) is 13.1 Å². The molecule has 5 rings (SSSR count). The van der Waals surface area contributed by atoms with Gasteiger partial charge < -0.3 is 10.6 Å². The highest BCUT2D eigenvalue weighted by molar-refractivity contribution is 7.97. The topological polar surface area (TPSA) is 76.4 Å². The molecule has 0 fully saturated rings.